The van der Waals surface area contributed by atoms with E-state index in [4.69, 9.17) is 0 Å². The standard InChI is InChI=1S/C10H19NO/c12-8-10(11-9-4-5-9)6-2-1-3-7-10/h9,11-12H,1-8H2. The predicted molar refractivity (Wildman–Crippen MR) is 49.1 cm³/mol. The molecule has 0 unspecified atom stereocenters. The van der Waals surface area contributed by atoms with Gasteiger partial charge < -0.3 is 10.4 Å². The Bertz CT molecular complexity index is 148. The fourth-order valence-electron chi connectivity index (χ4n) is 2.24. The SMILES string of the molecule is OCC1(NC2CC2)CCCCC1. The first kappa shape index (κ1) is 8.52. The molecule has 0 saturated heterocycles. The maximum Gasteiger partial charge on any atom is 0.0613 e. The van der Waals surface area contributed by atoms with E-state index in [-0.39, 0.29) is 5.54 Å². The van der Waals surface area contributed by atoms with Crippen LogP contribution in [0.2, 0.25) is 0 Å². The Balaban J connectivity index is 1.90. The van der Waals surface area contributed by atoms with Gasteiger partial charge in [0.15, 0.2) is 0 Å². The van der Waals surface area contributed by atoms with Gasteiger partial charge in [0.25, 0.3) is 0 Å². The molecule has 0 atom stereocenters. The van der Waals surface area contributed by atoms with Crippen molar-refractivity contribution in [3.05, 3.63) is 0 Å². The zero-order chi connectivity index (χ0) is 8.44. The second kappa shape index (κ2) is 3.35. The molecule has 0 spiro atoms. The Morgan fingerprint density at radius 1 is 1.17 bits per heavy atom. The predicted octanol–water partition coefficient (Wildman–Crippen LogP) is 1.43. The largest absolute Gasteiger partial charge is 0.394 e. The molecule has 2 aliphatic carbocycles. The number of aliphatic hydroxyl groups is 1. The topological polar surface area (TPSA) is 32.3 Å². The molecule has 2 saturated carbocycles. The van der Waals surface area contributed by atoms with E-state index in [1.807, 2.05) is 0 Å². The highest BCUT2D eigenvalue weighted by Gasteiger charge is 2.36. The Kier molecular flexibility index (Phi) is 2.37. The summed E-state index contributed by atoms with van der Waals surface area (Å²) in [5, 5.41) is 13.0. The minimum Gasteiger partial charge on any atom is -0.394 e. The highest BCUT2D eigenvalue weighted by atomic mass is 16.3. The van der Waals surface area contributed by atoms with E-state index < -0.39 is 0 Å². The van der Waals surface area contributed by atoms with Gasteiger partial charge in [-0.1, -0.05) is 19.3 Å². The minimum absolute atomic E-state index is 0.111. The molecule has 2 N–H and O–H groups in total. The van der Waals surface area contributed by atoms with E-state index in [9.17, 15) is 5.11 Å². The van der Waals surface area contributed by atoms with Gasteiger partial charge in [0.1, 0.15) is 0 Å². The summed E-state index contributed by atoms with van der Waals surface area (Å²) in [6.45, 7) is 0.337. The highest BCUT2D eigenvalue weighted by Crippen LogP contribution is 2.32. The van der Waals surface area contributed by atoms with E-state index in [1.54, 1.807) is 0 Å². The molecule has 0 aromatic heterocycles. The van der Waals surface area contributed by atoms with Crippen LogP contribution in [0.25, 0.3) is 0 Å². The van der Waals surface area contributed by atoms with Crippen LogP contribution in [0.4, 0.5) is 0 Å². The summed E-state index contributed by atoms with van der Waals surface area (Å²) in [5.41, 5.74) is 0.111. The molecule has 2 heteroatoms. The molecule has 2 fully saturated rings. The number of hydrogen-bond acceptors (Lipinski definition) is 2. The molecule has 2 rings (SSSR count). The molecule has 0 aliphatic heterocycles. The first-order chi connectivity index (χ1) is 5.85. The number of aliphatic hydroxyl groups excluding tert-OH is 1. The summed E-state index contributed by atoms with van der Waals surface area (Å²) in [7, 11) is 0. The van der Waals surface area contributed by atoms with Crippen LogP contribution in [0.15, 0.2) is 0 Å². The summed E-state index contributed by atoms with van der Waals surface area (Å²) in [6.07, 6.45) is 8.94. The van der Waals surface area contributed by atoms with Crippen molar-refractivity contribution in [3.8, 4) is 0 Å². The molecule has 0 radical (unpaired) electrons. The van der Waals surface area contributed by atoms with Crippen LogP contribution in [0.1, 0.15) is 44.9 Å². The number of rotatable bonds is 3. The van der Waals surface area contributed by atoms with Gasteiger partial charge in [-0.15, -0.1) is 0 Å². The first-order valence-electron chi connectivity index (χ1n) is 5.23. The van der Waals surface area contributed by atoms with Gasteiger partial charge in [-0.2, -0.15) is 0 Å². The summed E-state index contributed by atoms with van der Waals surface area (Å²) in [6, 6.07) is 0.732. The van der Waals surface area contributed by atoms with Crippen LogP contribution in [0.3, 0.4) is 0 Å². The molecule has 0 aromatic rings. The van der Waals surface area contributed by atoms with Crippen molar-refractivity contribution in [3.63, 3.8) is 0 Å². The van der Waals surface area contributed by atoms with Gasteiger partial charge in [-0.25, -0.2) is 0 Å². The summed E-state index contributed by atoms with van der Waals surface area (Å²) in [4.78, 5) is 0. The number of nitrogens with one attached hydrogen (secondary N) is 1. The second-order valence-corrected chi connectivity index (χ2v) is 4.42. The van der Waals surface area contributed by atoms with E-state index in [2.05, 4.69) is 5.32 Å². The van der Waals surface area contributed by atoms with Gasteiger partial charge in [0.2, 0.25) is 0 Å². The third kappa shape index (κ3) is 1.80. The van der Waals surface area contributed by atoms with Crippen LogP contribution >= 0.6 is 0 Å². The molecule has 0 amide bonds. The lowest BCUT2D eigenvalue weighted by Crippen LogP contribution is -2.50. The van der Waals surface area contributed by atoms with Gasteiger partial charge in [-0.3, -0.25) is 0 Å². The van der Waals surface area contributed by atoms with Crippen molar-refractivity contribution in [1.82, 2.24) is 5.32 Å². The third-order valence-corrected chi connectivity index (χ3v) is 3.20. The van der Waals surface area contributed by atoms with E-state index >= 15 is 0 Å². The van der Waals surface area contributed by atoms with Crippen LogP contribution in [-0.4, -0.2) is 23.3 Å². The van der Waals surface area contributed by atoms with Crippen molar-refractivity contribution >= 4 is 0 Å². The average Bonchev–Trinajstić information content (AvgIpc) is 2.90. The summed E-state index contributed by atoms with van der Waals surface area (Å²) >= 11 is 0. The summed E-state index contributed by atoms with van der Waals surface area (Å²) in [5.74, 6) is 0. The molecule has 2 aliphatic rings. The van der Waals surface area contributed by atoms with Crippen LogP contribution in [0, 0.1) is 0 Å². The smallest absolute Gasteiger partial charge is 0.0613 e. The second-order valence-electron chi connectivity index (χ2n) is 4.42. The van der Waals surface area contributed by atoms with Gasteiger partial charge >= 0.3 is 0 Å². The average molecular weight is 169 g/mol. The van der Waals surface area contributed by atoms with Crippen molar-refractivity contribution in [2.75, 3.05) is 6.61 Å². The lowest BCUT2D eigenvalue weighted by molar-refractivity contribution is 0.119. The van der Waals surface area contributed by atoms with Gasteiger partial charge in [0, 0.05) is 11.6 Å². The van der Waals surface area contributed by atoms with E-state index in [1.165, 1.54) is 44.9 Å². The molecular weight excluding hydrogens is 150 g/mol. The quantitative estimate of drug-likeness (QED) is 0.670. The fourth-order valence-corrected chi connectivity index (χ4v) is 2.24. The molecule has 0 heterocycles. The summed E-state index contributed by atoms with van der Waals surface area (Å²) < 4.78 is 0. The van der Waals surface area contributed by atoms with Gasteiger partial charge in [-0.05, 0) is 25.7 Å². The molecule has 0 aromatic carbocycles. The zero-order valence-corrected chi connectivity index (χ0v) is 7.68. The molecule has 12 heavy (non-hydrogen) atoms. The van der Waals surface area contributed by atoms with Crippen LogP contribution in [0.5, 0.6) is 0 Å². The first-order valence-corrected chi connectivity index (χ1v) is 5.23. The van der Waals surface area contributed by atoms with Crippen LogP contribution in [-0.2, 0) is 0 Å². The van der Waals surface area contributed by atoms with Crippen molar-refractivity contribution in [2.45, 2.75) is 56.5 Å². The minimum atomic E-state index is 0.111. The normalized spacial score (nSPS) is 28.8. The Hall–Kier alpha value is -0.0800. The molecule has 70 valence electrons. The molecule has 0 bridgehead atoms. The highest BCUT2D eigenvalue weighted by molar-refractivity contribution is 4.96. The lowest BCUT2D eigenvalue weighted by Gasteiger charge is -2.36. The zero-order valence-electron chi connectivity index (χ0n) is 7.68. The third-order valence-electron chi connectivity index (χ3n) is 3.20. The van der Waals surface area contributed by atoms with Crippen LogP contribution < -0.4 is 5.32 Å². The Labute approximate surface area is 74.4 Å². The monoisotopic (exact) mass is 169 g/mol. The van der Waals surface area contributed by atoms with E-state index in [0.29, 0.717) is 6.61 Å². The Morgan fingerprint density at radius 3 is 2.33 bits per heavy atom. The van der Waals surface area contributed by atoms with Crippen molar-refractivity contribution in [1.29, 1.82) is 0 Å². The number of hydrogen-bond donors (Lipinski definition) is 2. The van der Waals surface area contributed by atoms with Crippen molar-refractivity contribution < 1.29 is 5.11 Å². The van der Waals surface area contributed by atoms with Crippen molar-refractivity contribution in [2.24, 2.45) is 0 Å². The fraction of sp³-hybridized carbons (Fsp3) is 1.00. The maximum atomic E-state index is 9.36. The van der Waals surface area contributed by atoms with Gasteiger partial charge in [0.05, 0.1) is 6.61 Å². The molecule has 2 nitrogen and oxygen atoms in total. The maximum absolute atomic E-state index is 9.36. The van der Waals surface area contributed by atoms with E-state index in [0.717, 1.165) is 6.04 Å². The molecular formula is C10H19NO. The Morgan fingerprint density at radius 2 is 1.83 bits per heavy atom. The lowest BCUT2D eigenvalue weighted by atomic mass is 9.82.